The van der Waals surface area contributed by atoms with Crippen molar-refractivity contribution < 1.29 is 4.79 Å². The molecule has 0 fully saturated rings. The molecule has 70 valence electrons. The Morgan fingerprint density at radius 3 is 2.42 bits per heavy atom. The largest absolute Gasteiger partial charge is 0.298 e. The normalized spacial score (nSPS) is 11.7. The lowest BCUT2D eigenvalue weighted by molar-refractivity contribution is -0.105. The molecule has 0 aromatic rings. The van der Waals surface area contributed by atoms with Gasteiger partial charge in [0.1, 0.15) is 6.29 Å². The molecular weight excluding hydrogens is 148 g/mol. The minimum absolute atomic E-state index is 0.940. The molecule has 0 radical (unpaired) electrons. The molecule has 1 nitrogen and oxygen atoms in total. The Morgan fingerprint density at radius 2 is 1.92 bits per heavy atom. The minimum Gasteiger partial charge on any atom is -0.298 e. The molecule has 0 amide bonds. The van der Waals surface area contributed by atoms with Crippen molar-refractivity contribution in [2.45, 2.75) is 52.4 Å². The molecule has 0 N–H and O–H groups in total. The molecule has 12 heavy (non-hydrogen) atoms. The van der Waals surface area contributed by atoms with Crippen LogP contribution < -0.4 is 0 Å². The van der Waals surface area contributed by atoms with Crippen LogP contribution >= 0.6 is 0 Å². The van der Waals surface area contributed by atoms with Crippen LogP contribution in [0, 0.1) is 0 Å². The second-order valence-electron chi connectivity index (χ2n) is 3.14. The van der Waals surface area contributed by atoms with E-state index >= 15 is 0 Å². The average molecular weight is 168 g/mol. The molecule has 0 unspecified atom stereocenters. The Labute approximate surface area is 75.9 Å². The van der Waals surface area contributed by atoms with E-state index in [1.165, 1.54) is 19.3 Å². The van der Waals surface area contributed by atoms with Gasteiger partial charge >= 0.3 is 0 Å². The number of unbranched alkanes of at least 4 members (excludes halogenated alkanes) is 3. The lowest BCUT2D eigenvalue weighted by atomic mass is 10.1. The molecule has 1 heteroatoms. The van der Waals surface area contributed by atoms with Gasteiger partial charge in [-0.3, -0.25) is 4.79 Å². The average Bonchev–Trinajstić information content (AvgIpc) is 2.10. The standard InChI is InChI=1S/C11H20O/c1-3-5-6-7-9-11(10-12)8-4-2/h9-10H,3-8H2,1-2H3/b11-9+. The van der Waals surface area contributed by atoms with Crippen LogP contribution in [-0.4, -0.2) is 6.29 Å². The van der Waals surface area contributed by atoms with Crippen LogP contribution in [0.15, 0.2) is 11.6 Å². The van der Waals surface area contributed by atoms with Gasteiger partial charge in [0, 0.05) is 0 Å². The summed E-state index contributed by atoms with van der Waals surface area (Å²) >= 11 is 0. The van der Waals surface area contributed by atoms with Gasteiger partial charge in [-0.15, -0.1) is 0 Å². The van der Waals surface area contributed by atoms with Gasteiger partial charge in [-0.25, -0.2) is 0 Å². The van der Waals surface area contributed by atoms with E-state index < -0.39 is 0 Å². The number of rotatable bonds is 7. The van der Waals surface area contributed by atoms with Crippen LogP contribution in [0.25, 0.3) is 0 Å². The number of aldehydes is 1. The molecule has 0 aromatic heterocycles. The molecule has 0 saturated carbocycles. The van der Waals surface area contributed by atoms with Crippen LogP contribution in [0.4, 0.5) is 0 Å². The first-order valence-corrected chi connectivity index (χ1v) is 4.99. The maximum atomic E-state index is 10.5. The number of carbonyl (C=O) groups excluding carboxylic acids is 1. The zero-order chi connectivity index (χ0) is 9.23. The Kier molecular flexibility index (Phi) is 8.09. The summed E-state index contributed by atoms with van der Waals surface area (Å²) in [5.74, 6) is 0. The van der Waals surface area contributed by atoms with Gasteiger partial charge in [0.15, 0.2) is 0 Å². The zero-order valence-corrected chi connectivity index (χ0v) is 8.31. The first kappa shape index (κ1) is 11.4. The van der Waals surface area contributed by atoms with Gasteiger partial charge in [0.25, 0.3) is 0 Å². The summed E-state index contributed by atoms with van der Waals surface area (Å²) < 4.78 is 0. The highest BCUT2D eigenvalue weighted by molar-refractivity contribution is 5.72. The third-order valence-electron chi connectivity index (χ3n) is 1.90. The fourth-order valence-corrected chi connectivity index (χ4v) is 1.18. The van der Waals surface area contributed by atoms with Gasteiger partial charge < -0.3 is 0 Å². The topological polar surface area (TPSA) is 17.1 Å². The van der Waals surface area contributed by atoms with E-state index in [0.717, 1.165) is 31.1 Å². The molecule has 0 bridgehead atoms. The van der Waals surface area contributed by atoms with Crippen LogP contribution in [0.3, 0.4) is 0 Å². The second-order valence-corrected chi connectivity index (χ2v) is 3.14. The summed E-state index contributed by atoms with van der Waals surface area (Å²) in [6.45, 7) is 4.29. The van der Waals surface area contributed by atoms with Crippen molar-refractivity contribution in [1.29, 1.82) is 0 Å². The smallest absolute Gasteiger partial charge is 0.145 e. The van der Waals surface area contributed by atoms with Crippen molar-refractivity contribution in [2.75, 3.05) is 0 Å². The Bertz CT molecular complexity index is 136. The van der Waals surface area contributed by atoms with Crippen molar-refractivity contribution >= 4 is 6.29 Å². The highest BCUT2D eigenvalue weighted by atomic mass is 16.1. The highest BCUT2D eigenvalue weighted by Gasteiger charge is 1.92. The summed E-state index contributed by atoms with van der Waals surface area (Å²) in [5, 5.41) is 0. The number of hydrogen-bond donors (Lipinski definition) is 0. The number of allylic oxidation sites excluding steroid dienone is 2. The third-order valence-corrected chi connectivity index (χ3v) is 1.90. The molecule has 0 heterocycles. The van der Waals surface area contributed by atoms with Crippen molar-refractivity contribution in [3.8, 4) is 0 Å². The van der Waals surface area contributed by atoms with Crippen molar-refractivity contribution in [2.24, 2.45) is 0 Å². The zero-order valence-electron chi connectivity index (χ0n) is 8.31. The predicted octanol–water partition coefficient (Wildman–Crippen LogP) is 3.49. The Morgan fingerprint density at radius 1 is 1.17 bits per heavy atom. The van der Waals surface area contributed by atoms with Crippen LogP contribution in [0.2, 0.25) is 0 Å². The number of hydrogen-bond acceptors (Lipinski definition) is 1. The highest BCUT2D eigenvalue weighted by Crippen LogP contribution is 2.06. The van der Waals surface area contributed by atoms with E-state index in [1.54, 1.807) is 0 Å². The van der Waals surface area contributed by atoms with Crippen LogP contribution in [-0.2, 0) is 4.79 Å². The van der Waals surface area contributed by atoms with Gasteiger partial charge in [-0.05, 0) is 24.8 Å². The summed E-state index contributed by atoms with van der Waals surface area (Å²) in [5.41, 5.74) is 0.980. The van der Waals surface area contributed by atoms with Gasteiger partial charge in [-0.2, -0.15) is 0 Å². The fraction of sp³-hybridized carbons (Fsp3) is 0.727. The first-order chi connectivity index (χ1) is 5.85. The van der Waals surface area contributed by atoms with Crippen molar-refractivity contribution in [3.63, 3.8) is 0 Å². The molecule has 0 aromatic carbocycles. The van der Waals surface area contributed by atoms with Gasteiger partial charge in [0.05, 0.1) is 0 Å². The monoisotopic (exact) mass is 168 g/mol. The van der Waals surface area contributed by atoms with Crippen LogP contribution in [0.5, 0.6) is 0 Å². The fourth-order valence-electron chi connectivity index (χ4n) is 1.18. The van der Waals surface area contributed by atoms with Crippen LogP contribution in [0.1, 0.15) is 52.4 Å². The summed E-state index contributed by atoms with van der Waals surface area (Å²) in [6, 6.07) is 0. The minimum atomic E-state index is 0.940. The SMILES string of the molecule is CCCCC/C=C(/C=O)CCC. The van der Waals surface area contributed by atoms with Crippen molar-refractivity contribution in [1.82, 2.24) is 0 Å². The summed E-state index contributed by atoms with van der Waals surface area (Å²) in [4.78, 5) is 10.5. The molecular formula is C11H20O. The maximum Gasteiger partial charge on any atom is 0.145 e. The molecule has 0 aliphatic carbocycles. The Balaban J connectivity index is 3.55. The second kappa shape index (κ2) is 8.51. The molecule has 0 spiro atoms. The molecule has 0 aliphatic rings. The third kappa shape index (κ3) is 6.14. The quantitative estimate of drug-likeness (QED) is 0.323. The number of carbonyl (C=O) groups is 1. The van der Waals surface area contributed by atoms with Crippen molar-refractivity contribution in [3.05, 3.63) is 11.6 Å². The van der Waals surface area contributed by atoms with E-state index in [1.807, 2.05) is 0 Å². The summed E-state index contributed by atoms with van der Waals surface area (Å²) in [6.07, 6.45) is 9.90. The van der Waals surface area contributed by atoms with E-state index in [0.29, 0.717) is 0 Å². The molecule has 0 atom stereocenters. The predicted molar refractivity (Wildman–Crippen MR) is 53.2 cm³/mol. The van der Waals surface area contributed by atoms with Gasteiger partial charge in [0.2, 0.25) is 0 Å². The first-order valence-electron chi connectivity index (χ1n) is 4.99. The molecule has 0 saturated heterocycles. The summed E-state index contributed by atoms with van der Waals surface area (Å²) in [7, 11) is 0. The van der Waals surface area contributed by atoms with Gasteiger partial charge in [-0.1, -0.05) is 39.2 Å². The lowest BCUT2D eigenvalue weighted by Gasteiger charge is -1.96. The molecule has 0 rings (SSSR count). The van der Waals surface area contributed by atoms with E-state index in [-0.39, 0.29) is 0 Å². The maximum absolute atomic E-state index is 10.5. The Hall–Kier alpha value is -0.590. The van der Waals surface area contributed by atoms with E-state index in [4.69, 9.17) is 0 Å². The van der Waals surface area contributed by atoms with E-state index in [9.17, 15) is 4.79 Å². The lowest BCUT2D eigenvalue weighted by Crippen LogP contribution is -1.84. The van der Waals surface area contributed by atoms with E-state index in [2.05, 4.69) is 19.9 Å². The molecule has 0 aliphatic heterocycles.